The fraction of sp³-hybridized carbons (Fsp3) is 0.296. The normalized spacial score (nSPS) is 24.4. The summed E-state index contributed by atoms with van der Waals surface area (Å²) in [5, 5.41) is 18.7. The van der Waals surface area contributed by atoms with Crippen molar-refractivity contribution in [2.24, 2.45) is 0 Å². The van der Waals surface area contributed by atoms with Crippen LogP contribution in [0.4, 0.5) is 5.69 Å². The highest BCUT2D eigenvalue weighted by Crippen LogP contribution is 2.51. The van der Waals surface area contributed by atoms with Crippen LogP contribution in [0.5, 0.6) is 11.5 Å². The minimum atomic E-state index is -1.47. The van der Waals surface area contributed by atoms with Crippen LogP contribution >= 0.6 is 15.9 Å². The number of carbonyl (C=O) groups is 1. The van der Waals surface area contributed by atoms with E-state index in [0.29, 0.717) is 46.0 Å². The van der Waals surface area contributed by atoms with Crippen molar-refractivity contribution in [2.75, 3.05) is 11.9 Å². The molecule has 0 radical (unpaired) electrons. The topological polar surface area (TPSA) is 103 Å². The van der Waals surface area contributed by atoms with Gasteiger partial charge >= 0.3 is 0 Å². The van der Waals surface area contributed by atoms with Gasteiger partial charge in [-0.1, -0.05) is 48.5 Å². The molecule has 4 atom stereocenters. The van der Waals surface area contributed by atoms with E-state index >= 15 is 0 Å². The Labute approximate surface area is 217 Å². The summed E-state index contributed by atoms with van der Waals surface area (Å²) in [4.78, 5) is 25.5. The standard InChI is InChI=1S/C27H26BrN3O5/c1-3-35-22-14-18(13-20(28)24(22)36-15-17-9-5-4-6-10-17)23-16(2)30-27(25(23)31(33)34)19-11-7-8-12-21(19)29-26(27)32/h4-14,16,23,25,30H,3,15H2,1-2H3,(H,29,32)/t16-,23-,25+,27+/m0/s1. The van der Waals surface area contributed by atoms with Crippen molar-refractivity contribution < 1.29 is 19.2 Å². The van der Waals surface area contributed by atoms with Gasteiger partial charge < -0.3 is 14.8 Å². The maximum atomic E-state index is 13.3. The molecule has 2 heterocycles. The van der Waals surface area contributed by atoms with Crippen LogP contribution in [0.25, 0.3) is 0 Å². The fourth-order valence-electron chi connectivity index (χ4n) is 5.47. The first-order valence-corrected chi connectivity index (χ1v) is 12.6. The van der Waals surface area contributed by atoms with Gasteiger partial charge in [0.15, 0.2) is 17.0 Å². The number of carbonyl (C=O) groups excluding carboxylic acids is 1. The molecule has 1 saturated heterocycles. The molecule has 0 aliphatic carbocycles. The predicted molar refractivity (Wildman–Crippen MR) is 139 cm³/mol. The van der Waals surface area contributed by atoms with Crippen molar-refractivity contribution in [3.05, 3.63) is 98.0 Å². The molecule has 1 spiro atoms. The zero-order valence-corrected chi connectivity index (χ0v) is 21.4. The lowest BCUT2D eigenvalue weighted by Crippen LogP contribution is -2.54. The second-order valence-corrected chi connectivity index (χ2v) is 9.89. The molecule has 9 heteroatoms. The Balaban J connectivity index is 1.56. The Morgan fingerprint density at radius 2 is 1.81 bits per heavy atom. The molecule has 5 rings (SSSR count). The zero-order valence-electron chi connectivity index (χ0n) is 19.9. The lowest BCUT2D eigenvalue weighted by atomic mass is 9.78. The summed E-state index contributed by atoms with van der Waals surface area (Å²) < 4.78 is 12.6. The third kappa shape index (κ3) is 3.92. The van der Waals surface area contributed by atoms with E-state index in [1.54, 1.807) is 30.3 Å². The summed E-state index contributed by atoms with van der Waals surface area (Å²) >= 11 is 3.60. The minimum absolute atomic E-state index is 0.336. The zero-order chi connectivity index (χ0) is 25.4. The van der Waals surface area contributed by atoms with E-state index in [0.717, 1.165) is 5.56 Å². The van der Waals surface area contributed by atoms with Gasteiger partial charge in [0, 0.05) is 22.2 Å². The average molecular weight is 552 g/mol. The number of hydrogen-bond donors (Lipinski definition) is 2. The van der Waals surface area contributed by atoms with E-state index < -0.39 is 23.4 Å². The number of halogens is 1. The maximum absolute atomic E-state index is 13.3. The minimum Gasteiger partial charge on any atom is -0.490 e. The Morgan fingerprint density at radius 3 is 2.53 bits per heavy atom. The molecular weight excluding hydrogens is 526 g/mol. The summed E-state index contributed by atoms with van der Waals surface area (Å²) in [5.74, 6) is 0.00552. The number of para-hydroxylation sites is 1. The SMILES string of the molecule is CCOc1cc([C@@H]2[C@H](C)N[C@@]3(C(=O)Nc4ccccc43)[C@@H]2[N+](=O)[O-])cc(Br)c1OCc1ccccc1. The van der Waals surface area contributed by atoms with E-state index in [4.69, 9.17) is 9.47 Å². The van der Waals surface area contributed by atoms with Gasteiger partial charge in [-0.3, -0.25) is 20.2 Å². The number of rotatable bonds is 7. The molecule has 2 N–H and O–H groups in total. The van der Waals surface area contributed by atoms with Crippen LogP contribution in [-0.4, -0.2) is 29.5 Å². The highest BCUT2D eigenvalue weighted by Gasteiger charge is 2.67. The molecule has 2 aliphatic heterocycles. The summed E-state index contributed by atoms with van der Waals surface area (Å²) in [6.45, 7) is 4.49. The van der Waals surface area contributed by atoms with Crippen molar-refractivity contribution in [1.82, 2.24) is 5.32 Å². The molecule has 1 fully saturated rings. The second-order valence-electron chi connectivity index (χ2n) is 9.03. The largest absolute Gasteiger partial charge is 0.490 e. The molecule has 0 saturated carbocycles. The van der Waals surface area contributed by atoms with Gasteiger partial charge in [0.1, 0.15) is 6.61 Å². The highest BCUT2D eigenvalue weighted by molar-refractivity contribution is 9.10. The Morgan fingerprint density at radius 1 is 1.08 bits per heavy atom. The number of nitrogens with one attached hydrogen (secondary N) is 2. The van der Waals surface area contributed by atoms with Crippen LogP contribution in [0.1, 0.15) is 36.5 Å². The van der Waals surface area contributed by atoms with Crippen molar-refractivity contribution in [3.63, 3.8) is 0 Å². The molecule has 3 aromatic carbocycles. The molecular formula is C27H26BrN3O5. The summed E-state index contributed by atoms with van der Waals surface area (Å²) in [6.07, 6.45) is 0. The monoisotopic (exact) mass is 551 g/mol. The fourth-order valence-corrected chi connectivity index (χ4v) is 6.04. The molecule has 8 nitrogen and oxygen atoms in total. The number of hydrogen-bond acceptors (Lipinski definition) is 6. The molecule has 3 aromatic rings. The number of benzene rings is 3. The van der Waals surface area contributed by atoms with Crippen LogP contribution in [0.3, 0.4) is 0 Å². The molecule has 0 bridgehead atoms. The van der Waals surface area contributed by atoms with Crippen molar-refractivity contribution >= 4 is 27.5 Å². The number of fused-ring (bicyclic) bond motifs is 2. The van der Waals surface area contributed by atoms with Gasteiger partial charge in [0.2, 0.25) is 0 Å². The molecule has 1 amide bonds. The van der Waals surface area contributed by atoms with E-state index in [2.05, 4.69) is 26.6 Å². The number of amides is 1. The number of anilines is 1. The summed E-state index contributed by atoms with van der Waals surface area (Å²) in [6, 6.07) is 18.9. The molecule has 186 valence electrons. The van der Waals surface area contributed by atoms with Crippen LogP contribution < -0.4 is 20.1 Å². The maximum Gasteiger partial charge on any atom is 0.256 e. The van der Waals surface area contributed by atoms with E-state index in [-0.39, 0.29) is 11.0 Å². The first-order valence-electron chi connectivity index (χ1n) is 11.8. The summed E-state index contributed by atoms with van der Waals surface area (Å²) in [7, 11) is 0. The van der Waals surface area contributed by atoms with Crippen LogP contribution in [0.15, 0.2) is 71.2 Å². The third-order valence-corrected chi connectivity index (χ3v) is 7.49. The van der Waals surface area contributed by atoms with E-state index in [1.807, 2.05) is 50.2 Å². The molecule has 0 unspecified atom stereocenters. The van der Waals surface area contributed by atoms with Crippen LogP contribution in [-0.2, 0) is 16.9 Å². The lowest BCUT2D eigenvalue weighted by molar-refractivity contribution is -0.532. The van der Waals surface area contributed by atoms with Gasteiger partial charge in [-0.15, -0.1) is 0 Å². The first-order chi connectivity index (χ1) is 17.4. The third-order valence-electron chi connectivity index (χ3n) is 6.91. The van der Waals surface area contributed by atoms with E-state index in [9.17, 15) is 14.9 Å². The van der Waals surface area contributed by atoms with Crippen LogP contribution in [0.2, 0.25) is 0 Å². The van der Waals surface area contributed by atoms with Gasteiger partial charge in [-0.2, -0.15) is 0 Å². The number of ether oxygens (including phenoxy) is 2. The van der Waals surface area contributed by atoms with Gasteiger partial charge in [-0.25, -0.2) is 0 Å². The van der Waals surface area contributed by atoms with Gasteiger partial charge in [-0.05, 0) is 59.1 Å². The quantitative estimate of drug-likeness (QED) is 0.316. The second kappa shape index (κ2) is 9.55. The Hall–Kier alpha value is -3.43. The van der Waals surface area contributed by atoms with Gasteiger partial charge in [0.25, 0.3) is 11.9 Å². The molecule has 36 heavy (non-hydrogen) atoms. The molecule has 0 aromatic heterocycles. The van der Waals surface area contributed by atoms with Crippen LogP contribution in [0, 0.1) is 10.1 Å². The Kier molecular flexibility index (Phi) is 6.44. The smallest absolute Gasteiger partial charge is 0.256 e. The first kappa shape index (κ1) is 24.3. The molecule has 2 aliphatic rings. The Bertz CT molecular complexity index is 1320. The van der Waals surface area contributed by atoms with Crippen molar-refractivity contribution in [3.8, 4) is 11.5 Å². The average Bonchev–Trinajstić information content (AvgIpc) is 3.33. The number of nitro groups is 1. The lowest BCUT2D eigenvalue weighted by Gasteiger charge is -2.26. The summed E-state index contributed by atoms with van der Waals surface area (Å²) in [5.41, 5.74) is 1.41. The highest BCUT2D eigenvalue weighted by atomic mass is 79.9. The van der Waals surface area contributed by atoms with Crippen molar-refractivity contribution in [2.45, 2.75) is 44.0 Å². The van der Waals surface area contributed by atoms with Crippen molar-refractivity contribution in [1.29, 1.82) is 0 Å². The van der Waals surface area contributed by atoms with Gasteiger partial charge in [0.05, 0.1) is 17.0 Å². The predicted octanol–water partition coefficient (Wildman–Crippen LogP) is 5.00. The number of nitrogens with zero attached hydrogens (tertiary/aromatic N) is 1. The van der Waals surface area contributed by atoms with E-state index in [1.165, 1.54) is 0 Å².